The third-order valence-corrected chi connectivity index (χ3v) is 5.40. The zero-order valence-corrected chi connectivity index (χ0v) is 16.6. The standard InChI is InChI=1S/C21H20BrN3O2/c1-27-17-4-2-3-15(13-17)21(26)25-11-9-24(10-12-25)20-7-8-23-19-14-16(22)5-6-18(19)20/h2-8,13-14H,9-12H2,1H3. The summed E-state index contributed by atoms with van der Waals surface area (Å²) in [6, 6.07) is 15.5. The van der Waals surface area contributed by atoms with Gasteiger partial charge in [0.05, 0.1) is 12.6 Å². The Morgan fingerprint density at radius 1 is 1.07 bits per heavy atom. The van der Waals surface area contributed by atoms with E-state index in [9.17, 15) is 4.79 Å². The summed E-state index contributed by atoms with van der Waals surface area (Å²) >= 11 is 3.50. The predicted molar refractivity (Wildman–Crippen MR) is 111 cm³/mol. The summed E-state index contributed by atoms with van der Waals surface area (Å²) in [5, 5.41) is 1.13. The third kappa shape index (κ3) is 3.62. The lowest BCUT2D eigenvalue weighted by Gasteiger charge is -2.36. The lowest BCUT2D eigenvalue weighted by molar-refractivity contribution is 0.0746. The van der Waals surface area contributed by atoms with E-state index in [0.29, 0.717) is 24.4 Å². The highest BCUT2D eigenvalue weighted by Crippen LogP contribution is 2.28. The van der Waals surface area contributed by atoms with Gasteiger partial charge in [-0.1, -0.05) is 22.0 Å². The molecule has 6 heteroatoms. The fourth-order valence-electron chi connectivity index (χ4n) is 3.47. The van der Waals surface area contributed by atoms with Gasteiger partial charge in [0.1, 0.15) is 5.75 Å². The van der Waals surface area contributed by atoms with Crippen LogP contribution in [0.2, 0.25) is 0 Å². The fourth-order valence-corrected chi connectivity index (χ4v) is 3.82. The molecule has 27 heavy (non-hydrogen) atoms. The Morgan fingerprint density at radius 3 is 2.67 bits per heavy atom. The molecule has 0 unspecified atom stereocenters. The number of piperazine rings is 1. The van der Waals surface area contributed by atoms with Gasteiger partial charge in [-0.05, 0) is 42.5 Å². The number of hydrogen-bond acceptors (Lipinski definition) is 4. The topological polar surface area (TPSA) is 45.7 Å². The molecule has 1 aliphatic heterocycles. The molecule has 1 aromatic heterocycles. The number of ether oxygens (including phenoxy) is 1. The molecule has 138 valence electrons. The first-order valence-electron chi connectivity index (χ1n) is 8.88. The molecule has 1 fully saturated rings. The van der Waals surface area contributed by atoms with E-state index < -0.39 is 0 Å². The van der Waals surface area contributed by atoms with E-state index in [1.54, 1.807) is 13.2 Å². The van der Waals surface area contributed by atoms with Gasteiger partial charge in [-0.2, -0.15) is 0 Å². The first-order valence-corrected chi connectivity index (χ1v) is 9.67. The van der Waals surface area contributed by atoms with Crippen LogP contribution in [0.5, 0.6) is 5.75 Å². The van der Waals surface area contributed by atoms with Crippen molar-refractivity contribution in [2.45, 2.75) is 0 Å². The Bertz CT molecular complexity index is 984. The Kier molecular flexibility index (Phi) is 4.99. The van der Waals surface area contributed by atoms with Gasteiger partial charge >= 0.3 is 0 Å². The molecule has 1 aliphatic rings. The number of rotatable bonds is 3. The van der Waals surface area contributed by atoms with Gasteiger partial charge in [0.2, 0.25) is 0 Å². The first kappa shape index (κ1) is 17.8. The monoisotopic (exact) mass is 425 g/mol. The highest BCUT2D eigenvalue weighted by atomic mass is 79.9. The van der Waals surface area contributed by atoms with Crippen molar-refractivity contribution in [1.82, 2.24) is 9.88 Å². The normalized spacial score (nSPS) is 14.4. The van der Waals surface area contributed by atoms with Crippen LogP contribution >= 0.6 is 15.9 Å². The van der Waals surface area contributed by atoms with Gasteiger partial charge in [0.25, 0.3) is 5.91 Å². The van der Waals surface area contributed by atoms with Crippen molar-refractivity contribution in [3.63, 3.8) is 0 Å². The number of amides is 1. The lowest BCUT2D eigenvalue weighted by atomic mass is 10.1. The number of aromatic nitrogens is 1. The van der Waals surface area contributed by atoms with Crippen LogP contribution in [-0.2, 0) is 0 Å². The highest BCUT2D eigenvalue weighted by molar-refractivity contribution is 9.10. The van der Waals surface area contributed by atoms with E-state index in [1.165, 1.54) is 5.69 Å². The summed E-state index contributed by atoms with van der Waals surface area (Å²) in [6.07, 6.45) is 1.85. The zero-order chi connectivity index (χ0) is 18.8. The Hall–Kier alpha value is -2.60. The number of nitrogens with zero attached hydrogens (tertiary/aromatic N) is 3. The number of benzene rings is 2. The van der Waals surface area contributed by atoms with E-state index in [-0.39, 0.29) is 5.91 Å². The molecule has 0 bridgehead atoms. The number of methoxy groups -OCH3 is 1. The molecule has 2 heterocycles. The molecule has 0 radical (unpaired) electrons. The van der Waals surface area contributed by atoms with Crippen molar-refractivity contribution in [2.75, 3.05) is 38.2 Å². The second-order valence-corrected chi connectivity index (χ2v) is 7.42. The van der Waals surface area contributed by atoms with Crippen LogP contribution in [0, 0.1) is 0 Å². The molecule has 4 rings (SSSR count). The average Bonchev–Trinajstić information content (AvgIpc) is 2.72. The Labute approximate surface area is 166 Å². The molecule has 1 saturated heterocycles. The number of carbonyl (C=O) groups excluding carboxylic acids is 1. The van der Waals surface area contributed by atoms with Gasteiger partial charge in [-0.15, -0.1) is 0 Å². The van der Waals surface area contributed by atoms with Crippen LogP contribution in [0.4, 0.5) is 5.69 Å². The number of fused-ring (bicyclic) bond motifs is 1. The third-order valence-electron chi connectivity index (χ3n) is 4.91. The Morgan fingerprint density at radius 2 is 1.89 bits per heavy atom. The van der Waals surface area contributed by atoms with Crippen molar-refractivity contribution in [1.29, 1.82) is 0 Å². The predicted octanol–water partition coefficient (Wildman–Crippen LogP) is 3.97. The number of anilines is 1. The maximum atomic E-state index is 12.8. The van der Waals surface area contributed by atoms with E-state index in [4.69, 9.17) is 4.74 Å². The zero-order valence-electron chi connectivity index (χ0n) is 15.1. The van der Waals surface area contributed by atoms with Gasteiger partial charge in [0, 0.05) is 53.5 Å². The average molecular weight is 426 g/mol. The summed E-state index contributed by atoms with van der Waals surface area (Å²) in [5.41, 5.74) is 2.81. The van der Waals surface area contributed by atoms with Crippen LogP contribution in [-0.4, -0.2) is 49.1 Å². The quantitative estimate of drug-likeness (QED) is 0.636. The number of pyridine rings is 1. The molecule has 0 N–H and O–H groups in total. The van der Waals surface area contributed by atoms with Gasteiger partial charge in [-0.3, -0.25) is 9.78 Å². The van der Waals surface area contributed by atoms with Crippen LogP contribution in [0.1, 0.15) is 10.4 Å². The first-order chi connectivity index (χ1) is 13.2. The second kappa shape index (κ2) is 7.56. The molecular weight excluding hydrogens is 406 g/mol. The molecular formula is C21H20BrN3O2. The molecule has 0 spiro atoms. The van der Waals surface area contributed by atoms with Crippen molar-refractivity contribution in [3.8, 4) is 5.75 Å². The lowest BCUT2D eigenvalue weighted by Crippen LogP contribution is -2.48. The maximum Gasteiger partial charge on any atom is 0.254 e. The second-order valence-electron chi connectivity index (χ2n) is 6.50. The molecule has 2 aromatic carbocycles. The summed E-state index contributed by atoms with van der Waals surface area (Å²) in [6.45, 7) is 2.97. The minimum absolute atomic E-state index is 0.0528. The largest absolute Gasteiger partial charge is 0.497 e. The van der Waals surface area contributed by atoms with Crippen LogP contribution in [0.25, 0.3) is 10.9 Å². The van der Waals surface area contributed by atoms with Crippen molar-refractivity contribution < 1.29 is 9.53 Å². The van der Waals surface area contributed by atoms with E-state index in [0.717, 1.165) is 28.5 Å². The summed E-state index contributed by atoms with van der Waals surface area (Å²) in [5.74, 6) is 0.756. The maximum absolute atomic E-state index is 12.8. The minimum Gasteiger partial charge on any atom is -0.497 e. The van der Waals surface area contributed by atoms with E-state index in [1.807, 2.05) is 41.4 Å². The van der Waals surface area contributed by atoms with Gasteiger partial charge in [-0.25, -0.2) is 0 Å². The summed E-state index contributed by atoms with van der Waals surface area (Å²) in [4.78, 5) is 21.5. The van der Waals surface area contributed by atoms with Crippen LogP contribution in [0.3, 0.4) is 0 Å². The SMILES string of the molecule is COc1cccc(C(=O)N2CCN(c3ccnc4cc(Br)ccc34)CC2)c1. The molecule has 0 aliphatic carbocycles. The van der Waals surface area contributed by atoms with Crippen molar-refractivity contribution >= 4 is 38.4 Å². The fraction of sp³-hybridized carbons (Fsp3) is 0.238. The van der Waals surface area contributed by atoms with Gasteiger partial charge in [0.15, 0.2) is 0 Å². The van der Waals surface area contributed by atoms with Crippen LogP contribution in [0.15, 0.2) is 59.2 Å². The number of carbonyl (C=O) groups is 1. The molecule has 0 atom stereocenters. The molecule has 5 nitrogen and oxygen atoms in total. The minimum atomic E-state index is 0.0528. The Balaban J connectivity index is 1.50. The highest BCUT2D eigenvalue weighted by Gasteiger charge is 2.23. The van der Waals surface area contributed by atoms with E-state index in [2.05, 4.69) is 37.9 Å². The smallest absolute Gasteiger partial charge is 0.254 e. The molecule has 0 saturated carbocycles. The molecule has 1 amide bonds. The van der Waals surface area contributed by atoms with Crippen LogP contribution < -0.4 is 9.64 Å². The number of halogens is 1. The molecule has 3 aromatic rings. The number of hydrogen-bond donors (Lipinski definition) is 0. The van der Waals surface area contributed by atoms with E-state index >= 15 is 0 Å². The summed E-state index contributed by atoms with van der Waals surface area (Å²) in [7, 11) is 1.61. The summed E-state index contributed by atoms with van der Waals surface area (Å²) < 4.78 is 6.25. The van der Waals surface area contributed by atoms with Crippen molar-refractivity contribution in [3.05, 3.63) is 64.8 Å². The van der Waals surface area contributed by atoms with Gasteiger partial charge < -0.3 is 14.5 Å². The van der Waals surface area contributed by atoms with Crippen molar-refractivity contribution in [2.24, 2.45) is 0 Å².